The van der Waals surface area contributed by atoms with Gasteiger partial charge in [0.05, 0.1) is 12.7 Å². The van der Waals surface area contributed by atoms with Crippen molar-refractivity contribution in [3.05, 3.63) is 53.3 Å². The minimum atomic E-state index is -0.520. The normalized spacial score (nSPS) is 10.1. The average molecular weight is 288 g/mol. The van der Waals surface area contributed by atoms with Crippen LogP contribution in [-0.4, -0.2) is 20.1 Å². The van der Waals surface area contributed by atoms with Crippen LogP contribution in [-0.2, 0) is 0 Å². The van der Waals surface area contributed by atoms with Crippen molar-refractivity contribution in [3.63, 3.8) is 0 Å². The van der Waals surface area contributed by atoms with Gasteiger partial charge in [-0.2, -0.15) is 0 Å². The number of ether oxygens (including phenoxy) is 1. The molecule has 0 radical (unpaired) electrons. The second-order valence-corrected chi connectivity index (χ2v) is 4.60. The Labute approximate surface area is 122 Å². The van der Waals surface area contributed by atoms with Crippen molar-refractivity contribution in [2.24, 2.45) is 0 Å². The SMILES string of the molecule is CNc1cc(C)ccc1C(=O)Nc1ccc(OC)c(F)c1. The number of aryl methyl sites for hydroxylation is 1. The number of halogens is 1. The molecule has 0 aliphatic carbocycles. The maximum atomic E-state index is 13.6. The zero-order valence-corrected chi connectivity index (χ0v) is 12.2. The molecule has 0 heterocycles. The molecule has 0 spiro atoms. The van der Waals surface area contributed by atoms with Crippen LogP contribution < -0.4 is 15.4 Å². The molecule has 0 saturated heterocycles. The third-order valence-corrected chi connectivity index (χ3v) is 3.10. The van der Waals surface area contributed by atoms with Crippen LogP contribution in [0.25, 0.3) is 0 Å². The van der Waals surface area contributed by atoms with Crippen LogP contribution in [0.15, 0.2) is 36.4 Å². The molecule has 1 amide bonds. The molecule has 0 saturated carbocycles. The van der Waals surface area contributed by atoms with Gasteiger partial charge < -0.3 is 15.4 Å². The van der Waals surface area contributed by atoms with Gasteiger partial charge in [0.2, 0.25) is 0 Å². The molecule has 0 bridgehead atoms. The number of nitrogens with one attached hydrogen (secondary N) is 2. The topological polar surface area (TPSA) is 50.4 Å². The predicted molar refractivity (Wildman–Crippen MR) is 81.6 cm³/mol. The highest BCUT2D eigenvalue weighted by molar-refractivity contribution is 6.08. The summed E-state index contributed by atoms with van der Waals surface area (Å²) in [5.41, 5.74) is 2.65. The van der Waals surface area contributed by atoms with Crippen LogP contribution in [0, 0.1) is 12.7 Å². The first-order valence-electron chi connectivity index (χ1n) is 6.48. The van der Waals surface area contributed by atoms with E-state index >= 15 is 0 Å². The van der Waals surface area contributed by atoms with Gasteiger partial charge in [0.25, 0.3) is 5.91 Å². The number of hydrogen-bond donors (Lipinski definition) is 2. The van der Waals surface area contributed by atoms with E-state index in [0.717, 1.165) is 11.3 Å². The Hall–Kier alpha value is -2.56. The predicted octanol–water partition coefficient (Wildman–Crippen LogP) is 3.44. The van der Waals surface area contributed by atoms with Gasteiger partial charge in [-0.15, -0.1) is 0 Å². The summed E-state index contributed by atoms with van der Waals surface area (Å²) in [5, 5.41) is 5.65. The van der Waals surface area contributed by atoms with E-state index in [4.69, 9.17) is 4.74 Å². The van der Waals surface area contributed by atoms with Gasteiger partial charge in [-0.3, -0.25) is 4.79 Å². The monoisotopic (exact) mass is 288 g/mol. The van der Waals surface area contributed by atoms with Crippen LogP contribution in [0.1, 0.15) is 15.9 Å². The van der Waals surface area contributed by atoms with E-state index in [2.05, 4.69) is 10.6 Å². The van der Waals surface area contributed by atoms with Crippen molar-refractivity contribution in [1.82, 2.24) is 0 Å². The quantitative estimate of drug-likeness (QED) is 0.906. The summed E-state index contributed by atoms with van der Waals surface area (Å²) < 4.78 is 18.5. The molecule has 5 heteroatoms. The number of benzene rings is 2. The average Bonchev–Trinajstić information content (AvgIpc) is 2.47. The van der Waals surface area contributed by atoms with E-state index in [1.807, 2.05) is 19.1 Å². The van der Waals surface area contributed by atoms with Gasteiger partial charge in [-0.25, -0.2) is 4.39 Å². The Morgan fingerprint density at radius 1 is 1.19 bits per heavy atom. The molecule has 2 N–H and O–H groups in total. The molecule has 110 valence electrons. The van der Waals surface area contributed by atoms with Gasteiger partial charge in [0.1, 0.15) is 0 Å². The van der Waals surface area contributed by atoms with Crippen LogP contribution in [0.4, 0.5) is 15.8 Å². The van der Waals surface area contributed by atoms with Gasteiger partial charge in [0.15, 0.2) is 11.6 Å². The Kier molecular flexibility index (Phi) is 4.42. The first-order valence-corrected chi connectivity index (χ1v) is 6.48. The summed E-state index contributed by atoms with van der Waals surface area (Å²) in [4.78, 5) is 12.3. The number of hydrogen-bond acceptors (Lipinski definition) is 3. The maximum Gasteiger partial charge on any atom is 0.257 e. The maximum absolute atomic E-state index is 13.6. The van der Waals surface area contributed by atoms with Crippen LogP contribution >= 0.6 is 0 Å². The Balaban J connectivity index is 2.24. The standard InChI is InChI=1S/C16H17FN2O2/c1-10-4-6-12(14(8-10)18-2)16(20)19-11-5-7-15(21-3)13(17)9-11/h4-9,18H,1-3H3,(H,19,20). The van der Waals surface area contributed by atoms with Crippen LogP contribution in [0.3, 0.4) is 0 Å². The summed E-state index contributed by atoms with van der Waals surface area (Å²) in [6.45, 7) is 1.95. The number of rotatable bonds is 4. The number of anilines is 2. The molecular weight excluding hydrogens is 271 g/mol. The van der Waals surface area contributed by atoms with Crippen molar-refractivity contribution in [1.29, 1.82) is 0 Å². The smallest absolute Gasteiger partial charge is 0.257 e. The van der Waals surface area contributed by atoms with E-state index < -0.39 is 5.82 Å². The summed E-state index contributed by atoms with van der Waals surface area (Å²) >= 11 is 0. The molecule has 0 aliphatic heterocycles. The fourth-order valence-corrected chi connectivity index (χ4v) is 2.01. The molecule has 21 heavy (non-hydrogen) atoms. The number of carbonyl (C=O) groups excluding carboxylic acids is 1. The first-order chi connectivity index (χ1) is 10.0. The second-order valence-electron chi connectivity index (χ2n) is 4.60. The largest absolute Gasteiger partial charge is 0.494 e. The fraction of sp³-hybridized carbons (Fsp3) is 0.188. The zero-order valence-electron chi connectivity index (χ0n) is 12.2. The molecule has 0 aliphatic rings. The highest BCUT2D eigenvalue weighted by Crippen LogP contribution is 2.23. The highest BCUT2D eigenvalue weighted by Gasteiger charge is 2.12. The van der Waals surface area contributed by atoms with E-state index in [1.165, 1.54) is 19.2 Å². The number of carbonyl (C=O) groups is 1. The van der Waals surface area contributed by atoms with E-state index in [-0.39, 0.29) is 11.7 Å². The van der Waals surface area contributed by atoms with Crippen LogP contribution in [0.2, 0.25) is 0 Å². The minimum Gasteiger partial charge on any atom is -0.494 e. The second kappa shape index (κ2) is 6.26. The third-order valence-electron chi connectivity index (χ3n) is 3.10. The summed E-state index contributed by atoms with van der Waals surface area (Å²) in [5.74, 6) is -0.684. The summed E-state index contributed by atoms with van der Waals surface area (Å²) in [6, 6.07) is 9.75. The zero-order chi connectivity index (χ0) is 15.4. The van der Waals surface area contributed by atoms with Crippen molar-refractivity contribution in [2.45, 2.75) is 6.92 Å². The summed E-state index contributed by atoms with van der Waals surface area (Å²) in [7, 11) is 3.14. The number of methoxy groups -OCH3 is 1. The lowest BCUT2D eigenvalue weighted by molar-refractivity contribution is 0.102. The van der Waals surface area contributed by atoms with Crippen molar-refractivity contribution < 1.29 is 13.9 Å². The van der Waals surface area contributed by atoms with Crippen LogP contribution in [0.5, 0.6) is 5.75 Å². The third kappa shape index (κ3) is 3.31. The molecule has 0 aromatic heterocycles. The lowest BCUT2D eigenvalue weighted by Gasteiger charge is -2.11. The fourth-order valence-electron chi connectivity index (χ4n) is 2.01. The van der Waals surface area contributed by atoms with Gasteiger partial charge in [-0.05, 0) is 36.8 Å². The lowest BCUT2D eigenvalue weighted by Crippen LogP contribution is -2.14. The Morgan fingerprint density at radius 3 is 2.57 bits per heavy atom. The molecule has 0 atom stereocenters. The van der Waals surface area contributed by atoms with Gasteiger partial charge >= 0.3 is 0 Å². The molecule has 2 aromatic carbocycles. The van der Waals surface area contributed by atoms with E-state index in [1.54, 1.807) is 19.2 Å². The Bertz CT molecular complexity index is 671. The van der Waals surface area contributed by atoms with Gasteiger partial charge in [-0.1, -0.05) is 6.07 Å². The molecule has 2 aromatic rings. The minimum absolute atomic E-state index is 0.138. The molecule has 4 nitrogen and oxygen atoms in total. The summed E-state index contributed by atoms with van der Waals surface area (Å²) in [6.07, 6.45) is 0. The molecule has 2 rings (SSSR count). The molecule has 0 unspecified atom stereocenters. The van der Waals surface area contributed by atoms with E-state index in [9.17, 15) is 9.18 Å². The molecule has 0 fully saturated rings. The number of amides is 1. The van der Waals surface area contributed by atoms with Crippen molar-refractivity contribution >= 4 is 17.3 Å². The van der Waals surface area contributed by atoms with E-state index in [0.29, 0.717) is 11.3 Å². The van der Waals surface area contributed by atoms with Crippen molar-refractivity contribution in [2.75, 3.05) is 24.8 Å². The molecular formula is C16H17FN2O2. The van der Waals surface area contributed by atoms with Crippen molar-refractivity contribution in [3.8, 4) is 5.75 Å². The first kappa shape index (κ1) is 14.8. The lowest BCUT2D eigenvalue weighted by atomic mass is 10.1. The highest BCUT2D eigenvalue weighted by atomic mass is 19.1. The van der Waals surface area contributed by atoms with Gasteiger partial charge in [0, 0.05) is 24.5 Å². The Morgan fingerprint density at radius 2 is 1.95 bits per heavy atom.